The molecule has 94 valence electrons. The second-order valence-electron chi connectivity index (χ2n) is 3.97. The van der Waals surface area contributed by atoms with Gasteiger partial charge in [-0.15, -0.1) is 6.58 Å². The van der Waals surface area contributed by atoms with E-state index in [1.54, 1.807) is 13.4 Å². The van der Waals surface area contributed by atoms with Crippen molar-refractivity contribution in [1.29, 1.82) is 0 Å². The first kappa shape index (κ1) is 12.3. The molecule has 2 aromatic rings. The van der Waals surface area contributed by atoms with Gasteiger partial charge in [0.15, 0.2) is 0 Å². The molecule has 3 nitrogen and oxygen atoms in total. The van der Waals surface area contributed by atoms with E-state index >= 15 is 0 Å². The molecule has 0 radical (unpaired) electrons. The largest absolute Gasteiger partial charge is 0.497 e. The van der Waals surface area contributed by atoms with Crippen LogP contribution in [0.15, 0.2) is 59.7 Å². The van der Waals surface area contributed by atoms with E-state index < -0.39 is 0 Å². The molecule has 0 bridgehead atoms. The second-order valence-corrected chi connectivity index (χ2v) is 3.97. The smallest absolute Gasteiger partial charge is 0.126 e. The van der Waals surface area contributed by atoms with Crippen LogP contribution in [0.4, 0.5) is 5.69 Å². The number of hydrogen-bond donors (Lipinski definition) is 1. The summed E-state index contributed by atoms with van der Waals surface area (Å²) in [7, 11) is 1.66. The second kappa shape index (κ2) is 5.96. The van der Waals surface area contributed by atoms with Crippen LogP contribution >= 0.6 is 0 Å². The monoisotopic (exact) mass is 243 g/mol. The highest BCUT2D eigenvalue weighted by Gasteiger charge is 2.12. The first-order chi connectivity index (χ1) is 8.83. The molecule has 0 saturated heterocycles. The summed E-state index contributed by atoms with van der Waals surface area (Å²) < 4.78 is 10.6. The minimum Gasteiger partial charge on any atom is -0.497 e. The van der Waals surface area contributed by atoms with E-state index in [1.807, 2.05) is 42.5 Å². The number of furan rings is 1. The Morgan fingerprint density at radius 3 is 2.67 bits per heavy atom. The first-order valence-corrected chi connectivity index (χ1v) is 5.88. The first-order valence-electron chi connectivity index (χ1n) is 5.88. The van der Waals surface area contributed by atoms with Crippen molar-refractivity contribution >= 4 is 5.69 Å². The van der Waals surface area contributed by atoms with Crippen LogP contribution in [-0.4, -0.2) is 7.11 Å². The van der Waals surface area contributed by atoms with E-state index in [2.05, 4.69) is 11.9 Å². The van der Waals surface area contributed by atoms with Crippen molar-refractivity contribution in [1.82, 2.24) is 0 Å². The standard InChI is InChI=1S/C15H17NO2/c1-3-5-14(15-6-4-11-18-15)16-12-7-9-13(17-2)10-8-12/h3-4,6-11,14,16H,1,5H2,2H3/t14-/m1/s1. The van der Waals surface area contributed by atoms with Gasteiger partial charge in [0.2, 0.25) is 0 Å². The number of nitrogens with one attached hydrogen (secondary N) is 1. The van der Waals surface area contributed by atoms with E-state index in [0.717, 1.165) is 23.6 Å². The molecule has 1 atom stereocenters. The number of anilines is 1. The van der Waals surface area contributed by atoms with E-state index in [4.69, 9.17) is 9.15 Å². The van der Waals surface area contributed by atoms with E-state index in [0.29, 0.717) is 0 Å². The molecule has 0 spiro atoms. The molecular formula is C15H17NO2. The highest BCUT2D eigenvalue weighted by Crippen LogP contribution is 2.24. The van der Waals surface area contributed by atoms with Crippen LogP contribution in [0, 0.1) is 0 Å². The molecule has 1 aromatic heterocycles. The van der Waals surface area contributed by atoms with Gasteiger partial charge < -0.3 is 14.5 Å². The third-order valence-corrected chi connectivity index (χ3v) is 2.72. The molecule has 0 aliphatic rings. The lowest BCUT2D eigenvalue weighted by atomic mass is 10.1. The molecule has 0 aliphatic carbocycles. The fraction of sp³-hybridized carbons (Fsp3) is 0.200. The molecule has 0 saturated carbocycles. The van der Waals surface area contributed by atoms with Gasteiger partial charge in [0.25, 0.3) is 0 Å². The average Bonchev–Trinajstić information content (AvgIpc) is 2.93. The maximum Gasteiger partial charge on any atom is 0.126 e. The van der Waals surface area contributed by atoms with Gasteiger partial charge in [0, 0.05) is 5.69 Å². The lowest BCUT2D eigenvalue weighted by molar-refractivity contribution is 0.415. The summed E-state index contributed by atoms with van der Waals surface area (Å²) in [5.41, 5.74) is 1.03. The summed E-state index contributed by atoms with van der Waals surface area (Å²) in [6.07, 6.45) is 4.37. The van der Waals surface area contributed by atoms with Crippen molar-refractivity contribution in [3.63, 3.8) is 0 Å². The average molecular weight is 243 g/mol. The van der Waals surface area contributed by atoms with E-state index in [1.165, 1.54) is 0 Å². The van der Waals surface area contributed by atoms with Gasteiger partial charge in [-0.05, 0) is 42.8 Å². The van der Waals surface area contributed by atoms with Gasteiger partial charge in [0.1, 0.15) is 11.5 Å². The van der Waals surface area contributed by atoms with Gasteiger partial charge in [0.05, 0.1) is 19.4 Å². The molecule has 18 heavy (non-hydrogen) atoms. The summed E-state index contributed by atoms with van der Waals surface area (Å²) in [4.78, 5) is 0. The van der Waals surface area contributed by atoms with Crippen LogP contribution in [0.5, 0.6) is 5.75 Å². The van der Waals surface area contributed by atoms with Crippen LogP contribution in [0.3, 0.4) is 0 Å². The van der Waals surface area contributed by atoms with Gasteiger partial charge >= 0.3 is 0 Å². The van der Waals surface area contributed by atoms with Crippen LogP contribution < -0.4 is 10.1 Å². The number of ether oxygens (including phenoxy) is 1. The summed E-state index contributed by atoms with van der Waals surface area (Å²) >= 11 is 0. The highest BCUT2D eigenvalue weighted by molar-refractivity contribution is 5.47. The minimum absolute atomic E-state index is 0.103. The number of rotatable bonds is 6. The van der Waals surface area contributed by atoms with Crippen molar-refractivity contribution in [2.24, 2.45) is 0 Å². The predicted molar refractivity (Wildman–Crippen MR) is 72.9 cm³/mol. The third kappa shape index (κ3) is 2.94. The lowest BCUT2D eigenvalue weighted by Gasteiger charge is -2.16. The Hall–Kier alpha value is -2.16. The highest BCUT2D eigenvalue weighted by atomic mass is 16.5. The SMILES string of the molecule is C=CC[C@@H](Nc1ccc(OC)cc1)c1ccco1. The fourth-order valence-corrected chi connectivity index (χ4v) is 1.79. The van der Waals surface area contributed by atoms with Crippen molar-refractivity contribution in [3.05, 3.63) is 61.1 Å². The maximum atomic E-state index is 5.43. The lowest BCUT2D eigenvalue weighted by Crippen LogP contribution is -2.08. The summed E-state index contributed by atoms with van der Waals surface area (Å²) in [6, 6.07) is 11.8. The normalized spacial score (nSPS) is 11.8. The van der Waals surface area contributed by atoms with Crippen molar-refractivity contribution in [2.75, 3.05) is 12.4 Å². The molecule has 0 aliphatic heterocycles. The molecule has 0 unspecified atom stereocenters. The molecule has 1 N–H and O–H groups in total. The Morgan fingerprint density at radius 1 is 1.33 bits per heavy atom. The summed E-state index contributed by atoms with van der Waals surface area (Å²) in [5, 5.41) is 3.41. The Kier molecular flexibility index (Phi) is 4.07. The van der Waals surface area contributed by atoms with Crippen LogP contribution in [0.2, 0.25) is 0 Å². The van der Waals surface area contributed by atoms with Crippen LogP contribution in [0.1, 0.15) is 18.2 Å². The fourth-order valence-electron chi connectivity index (χ4n) is 1.79. The summed E-state index contributed by atoms with van der Waals surface area (Å²) in [6.45, 7) is 3.78. The zero-order valence-corrected chi connectivity index (χ0v) is 10.4. The Labute approximate surface area is 107 Å². The van der Waals surface area contributed by atoms with Gasteiger partial charge in [-0.25, -0.2) is 0 Å². The van der Waals surface area contributed by atoms with Crippen LogP contribution in [0.25, 0.3) is 0 Å². The summed E-state index contributed by atoms with van der Waals surface area (Å²) in [5.74, 6) is 1.75. The predicted octanol–water partition coefficient (Wildman–Crippen LogP) is 4.02. The van der Waals surface area contributed by atoms with E-state index in [-0.39, 0.29) is 6.04 Å². The van der Waals surface area contributed by atoms with E-state index in [9.17, 15) is 0 Å². The third-order valence-electron chi connectivity index (χ3n) is 2.72. The van der Waals surface area contributed by atoms with Crippen molar-refractivity contribution in [3.8, 4) is 5.75 Å². The molecule has 3 heteroatoms. The van der Waals surface area contributed by atoms with Crippen LogP contribution in [-0.2, 0) is 0 Å². The topological polar surface area (TPSA) is 34.4 Å². The maximum absolute atomic E-state index is 5.43. The van der Waals surface area contributed by atoms with Gasteiger partial charge in [-0.1, -0.05) is 6.08 Å². The minimum atomic E-state index is 0.103. The Bertz CT molecular complexity index is 474. The molecule has 0 amide bonds. The Morgan fingerprint density at radius 2 is 2.11 bits per heavy atom. The Balaban J connectivity index is 2.10. The zero-order valence-electron chi connectivity index (χ0n) is 10.4. The number of methoxy groups -OCH3 is 1. The number of hydrogen-bond acceptors (Lipinski definition) is 3. The van der Waals surface area contributed by atoms with Gasteiger partial charge in [-0.2, -0.15) is 0 Å². The van der Waals surface area contributed by atoms with Crippen molar-refractivity contribution in [2.45, 2.75) is 12.5 Å². The number of benzene rings is 1. The zero-order chi connectivity index (χ0) is 12.8. The molecule has 1 heterocycles. The molecular weight excluding hydrogens is 226 g/mol. The molecule has 0 fully saturated rings. The van der Waals surface area contributed by atoms with Crippen molar-refractivity contribution < 1.29 is 9.15 Å². The molecule has 2 rings (SSSR count). The molecule has 1 aromatic carbocycles. The van der Waals surface area contributed by atoms with Gasteiger partial charge in [-0.3, -0.25) is 0 Å². The quantitative estimate of drug-likeness (QED) is 0.778.